The average molecular weight is 561 g/mol. The lowest BCUT2D eigenvalue weighted by atomic mass is 10.1. The van der Waals surface area contributed by atoms with E-state index in [0.717, 1.165) is 24.5 Å². The summed E-state index contributed by atoms with van der Waals surface area (Å²) in [6.07, 6.45) is -6.72. The highest BCUT2D eigenvalue weighted by Crippen LogP contribution is 2.35. The van der Waals surface area contributed by atoms with Crippen molar-refractivity contribution in [1.82, 2.24) is 9.97 Å². The lowest BCUT2D eigenvalue weighted by molar-refractivity contribution is -0.156. The van der Waals surface area contributed by atoms with Crippen molar-refractivity contribution in [2.75, 3.05) is 11.1 Å². The zero-order valence-electron chi connectivity index (χ0n) is 18.1. The van der Waals surface area contributed by atoms with E-state index >= 15 is 0 Å². The average Bonchev–Trinajstić information content (AvgIpc) is 2.63. The molecule has 2 heterocycles. The van der Waals surface area contributed by atoms with Crippen molar-refractivity contribution in [1.29, 1.82) is 0 Å². The van der Waals surface area contributed by atoms with Gasteiger partial charge >= 0.3 is 24.3 Å². The van der Waals surface area contributed by atoms with Crippen molar-refractivity contribution in [2.24, 2.45) is 0 Å². The molecule has 2 rings (SSSR count). The number of aromatic nitrogens is 2. The number of pyridine rings is 2. The summed E-state index contributed by atoms with van der Waals surface area (Å²) in [6.45, 7) is 4.88. The molecule has 34 heavy (non-hydrogen) atoms. The van der Waals surface area contributed by atoms with Crippen molar-refractivity contribution in [3.05, 3.63) is 45.7 Å². The van der Waals surface area contributed by atoms with Crippen LogP contribution in [0.3, 0.4) is 0 Å². The van der Waals surface area contributed by atoms with Crippen LogP contribution in [0.25, 0.3) is 0 Å². The molecule has 0 fully saturated rings. The van der Waals surface area contributed by atoms with Crippen molar-refractivity contribution in [3.63, 3.8) is 0 Å². The summed E-state index contributed by atoms with van der Waals surface area (Å²) in [5, 5.41) is 2.19. The normalized spacial score (nSPS) is 10.7. The number of nitrogen functional groups attached to an aromatic ring is 1. The molecule has 0 saturated carbocycles. The first-order valence-electron chi connectivity index (χ1n) is 8.83. The Morgan fingerprint density at radius 2 is 1.41 bits per heavy atom. The van der Waals surface area contributed by atoms with Crippen molar-refractivity contribution in [3.8, 4) is 0 Å². The Hall–Kier alpha value is -3.23. The molecule has 0 unspecified atom stereocenters. The summed E-state index contributed by atoms with van der Waals surface area (Å²) in [5.74, 6) is -1.83. The third-order valence-corrected chi connectivity index (χ3v) is 3.81. The number of amides is 1. The van der Waals surface area contributed by atoms with Crippen molar-refractivity contribution >= 4 is 45.4 Å². The van der Waals surface area contributed by atoms with E-state index in [1.807, 2.05) is 0 Å². The van der Waals surface area contributed by atoms with E-state index < -0.39 is 41.3 Å². The molecular weight excluding hydrogens is 542 g/mol. The molecule has 3 N–H and O–H groups in total. The number of ether oxygens (including phenoxy) is 1. The first-order chi connectivity index (χ1) is 15.3. The number of aryl methyl sites for hydroxylation is 1. The molecule has 0 aliphatic rings. The lowest BCUT2D eigenvalue weighted by Gasteiger charge is -2.11. The van der Waals surface area contributed by atoms with Gasteiger partial charge in [0.1, 0.15) is 11.6 Å². The fourth-order valence-corrected chi connectivity index (χ4v) is 2.39. The van der Waals surface area contributed by atoms with Gasteiger partial charge in [-0.15, -0.1) is 0 Å². The van der Waals surface area contributed by atoms with Crippen LogP contribution in [0.15, 0.2) is 29.0 Å². The molecule has 2 aromatic heterocycles. The van der Waals surface area contributed by atoms with E-state index in [-0.39, 0.29) is 21.7 Å². The van der Waals surface area contributed by atoms with Crippen LogP contribution in [0.2, 0.25) is 0 Å². The highest BCUT2D eigenvalue weighted by Gasteiger charge is 2.33. The molecule has 0 bridgehead atoms. The van der Waals surface area contributed by atoms with Crippen LogP contribution in [0.1, 0.15) is 37.5 Å². The molecule has 1 amide bonds. The van der Waals surface area contributed by atoms with E-state index in [2.05, 4.69) is 36.0 Å². The highest BCUT2D eigenvalue weighted by molar-refractivity contribution is 9.10. The first-order valence-corrected chi connectivity index (χ1v) is 9.62. The Labute approximate surface area is 198 Å². The van der Waals surface area contributed by atoms with Crippen LogP contribution in [-0.4, -0.2) is 27.8 Å². The quantitative estimate of drug-likeness (QED) is 0.288. The van der Waals surface area contributed by atoms with Gasteiger partial charge in [-0.25, -0.2) is 9.97 Å². The van der Waals surface area contributed by atoms with Gasteiger partial charge in [0, 0.05) is 37.6 Å². The number of halogens is 7. The summed E-state index contributed by atoms with van der Waals surface area (Å²) in [4.78, 5) is 37.4. The monoisotopic (exact) mass is 560 g/mol. The summed E-state index contributed by atoms with van der Waals surface area (Å²) in [7, 11) is 0. The SMILES string of the molecule is CC(=O)Nc1cc(C(F)(F)F)c(C)cn1.CC(=O)OC(C)=O.Nc1cc(C(F)(F)F)c(Br)cn1. The summed E-state index contributed by atoms with van der Waals surface area (Å²) >= 11 is 2.73. The van der Waals surface area contributed by atoms with E-state index in [1.54, 1.807) is 0 Å². The Bertz CT molecular complexity index is 1020. The van der Waals surface area contributed by atoms with Gasteiger partial charge in [-0.3, -0.25) is 14.4 Å². The van der Waals surface area contributed by atoms with Gasteiger partial charge in [0.25, 0.3) is 0 Å². The zero-order chi connectivity index (χ0) is 26.9. The second kappa shape index (κ2) is 12.9. The predicted octanol–water partition coefficient (Wildman–Crippen LogP) is 4.91. The lowest BCUT2D eigenvalue weighted by Crippen LogP contribution is -2.12. The molecule has 0 saturated heterocycles. The number of hydrogen-bond donors (Lipinski definition) is 2. The maximum absolute atomic E-state index is 12.4. The molecule has 2 aromatic rings. The standard InChI is InChI=1S/C9H9F3N2O.C6H4BrF3N2.C4H6O3/c1-5-4-13-8(14-6(2)15)3-7(5)9(10,11)12;7-4-2-12-5(11)1-3(4)6(8,9)10;1-3(5)7-4(2)6/h3-4H,1-2H3,(H,13,14,15);1-2H,(H2,11,12);1-2H3. The van der Waals surface area contributed by atoms with E-state index in [9.17, 15) is 40.7 Å². The number of anilines is 2. The van der Waals surface area contributed by atoms with Crippen LogP contribution in [-0.2, 0) is 31.5 Å². The van der Waals surface area contributed by atoms with Crippen molar-refractivity contribution < 1.29 is 45.5 Å². The third kappa shape index (κ3) is 12.1. The number of alkyl halides is 6. The number of hydrogen-bond acceptors (Lipinski definition) is 7. The van der Waals surface area contributed by atoms with Crippen LogP contribution >= 0.6 is 15.9 Å². The summed E-state index contributed by atoms with van der Waals surface area (Å²) in [6, 6.07) is 1.60. The zero-order valence-corrected chi connectivity index (χ0v) is 19.6. The third-order valence-electron chi connectivity index (χ3n) is 3.18. The molecule has 15 heteroatoms. The minimum Gasteiger partial charge on any atom is -0.394 e. The smallest absolute Gasteiger partial charge is 0.394 e. The maximum Gasteiger partial charge on any atom is 0.417 e. The van der Waals surface area contributed by atoms with Gasteiger partial charge in [-0.2, -0.15) is 26.3 Å². The van der Waals surface area contributed by atoms with E-state index in [4.69, 9.17) is 5.73 Å². The molecule has 0 aliphatic heterocycles. The van der Waals surface area contributed by atoms with Crippen LogP contribution in [0.5, 0.6) is 0 Å². The minimum absolute atomic E-state index is 0.0246. The summed E-state index contributed by atoms with van der Waals surface area (Å²) < 4.78 is 77.5. The number of esters is 2. The summed E-state index contributed by atoms with van der Waals surface area (Å²) in [5.41, 5.74) is 3.52. The fraction of sp³-hybridized carbons (Fsp3) is 0.316. The Balaban J connectivity index is 0.000000514. The Morgan fingerprint density at radius 1 is 0.912 bits per heavy atom. The van der Waals surface area contributed by atoms with Gasteiger partial charge in [0.15, 0.2) is 0 Å². The molecule has 0 spiro atoms. The second-order valence-corrected chi connectivity index (χ2v) is 7.09. The number of carbonyl (C=O) groups excluding carboxylic acids is 3. The van der Waals surface area contributed by atoms with Gasteiger partial charge in [-0.1, -0.05) is 0 Å². The van der Waals surface area contributed by atoms with Gasteiger partial charge in [0.05, 0.1) is 11.1 Å². The number of carbonyl (C=O) groups is 3. The van der Waals surface area contributed by atoms with Gasteiger partial charge in [-0.05, 0) is 40.5 Å². The number of rotatable bonds is 1. The van der Waals surface area contributed by atoms with E-state index in [0.29, 0.717) is 0 Å². The first kappa shape index (κ1) is 30.8. The Morgan fingerprint density at radius 3 is 1.76 bits per heavy atom. The minimum atomic E-state index is -4.43. The van der Waals surface area contributed by atoms with Gasteiger partial charge in [0.2, 0.25) is 5.91 Å². The molecule has 8 nitrogen and oxygen atoms in total. The number of nitrogens with one attached hydrogen (secondary N) is 1. The molecule has 0 aromatic carbocycles. The maximum atomic E-state index is 12.4. The Kier molecular flexibility index (Phi) is 11.6. The topological polar surface area (TPSA) is 124 Å². The van der Waals surface area contributed by atoms with Crippen LogP contribution in [0, 0.1) is 6.92 Å². The molecule has 188 valence electrons. The molecule has 0 radical (unpaired) electrons. The highest BCUT2D eigenvalue weighted by atomic mass is 79.9. The van der Waals surface area contributed by atoms with E-state index in [1.165, 1.54) is 27.7 Å². The van der Waals surface area contributed by atoms with Crippen LogP contribution < -0.4 is 11.1 Å². The molecular formula is C19H19BrF6N4O4. The number of nitrogens with two attached hydrogens (primary N) is 1. The number of nitrogens with zero attached hydrogens (tertiary/aromatic N) is 2. The second-order valence-electron chi connectivity index (χ2n) is 6.24. The predicted molar refractivity (Wildman–Crippen MR) is 112 cm³/mol. The van der Waals surface area contributed by atoms with Crippen molar-refractivity contribution in [2.45, 2.75) is 40.0 Å². The largest absolute Gasteiger partial charge is 0.417 e. The molecule has 0 aliphatic carbocycles. The fourth-order valence-electron chi connectivity index (χ4n) is 1.95. The van der Waals surface area contributed by atoms with Gasteiger partial charge < -0.3 is 15.8 Å². The molecule has 0 atom stereocenters. The van der Waals surface area contributed by atoms with Crippen LogP contribution in [0.4, 0.5) is 38.0 Å².